The second kappa shape index (κ2) is 9.42. The molecule has 31 heavy (non-hydrogen) atoms. The lowest BCUT2D eigenvalue weighted by Crippen LogP contribution is -2.52. The minimum absolute atomic E-state index is 0.0209. The lowest BCUT2D eigenvalue weighted by Gasteiger charge is -2.38. The van der Waals surface area contributed by atoms with Gasteiger partial charge in [0.05, 0.1) is 4.92 Å². The molecule has 9 heteroatoms. The number of benzene rings is 1. The fourth-order valence-electron chi connectivity index (χ4n) is 4.67. The van der Waals surface area contributed by atoms with Gasteiger partial charge in [-0.2, -0.15) is 0 Å². The monoisotopic (exact) mass is 448 g/mol. The summed E-state index contributed by atoms with van der Waals surface area (Å²) in [6.07, 6.45) is 5.53. The van der Waals surface area contributed by atoms with E-state index in [0.717, 1.165) is 38.5 Å². The Labute approximate surface area is 187 Å². The van der Waals surface area contributed by atoms with Crippen LogP contribution in [0.3, 0.4) is 0 Å². The van der Waals surface area contributed by atoms with Crippen molar-refractivity contribution in [3.05, 3.63) is 33.3 Å². The zero-order valence-electron chi connectivity index (χ0n) is 17.6. The first-order valence-electron chi connectivity index (χ1n) is 11.2. The minimum Gasteiger partial charge on any atom is -0.379 e. The number of nitrogens with zero attached hydrogens (tertiary/aromatic N) is 3. The van der Waals surface area contributed by atoms with Crippen molar-refractivity contribution in [1.82, 2.24) is 9.80 Å². The standard InChI is InChI=1S/C22H29ClN4O4/c23-18-7-8-20(27(30)31)19(13-18)24-14-15-1-3-16(4-2-15)21(28)25-9-11-26(12-10-25)22(29)17-5-6-17/h7-8,13,15-17,24H,1-6,9-12,14H2. The maximum absolute atomic E-state index is 12.9. The van der Waals surface area contributed by atoms with Crippen LogP contribution in [-0.4, -0.2) is 59.3 Å². The van der Waals surface area contributed by atoms with E-state index in [1.807, 2.05) is 9.80 Å². The predicted octanol–water partition coefficient (Wildman–Crippen LogP) is 3.55. The molecule has 0 radical (unpaired) electrons. The number of hydrogen-bond acceptors (Lipinski definition) is 5. The number of rotatable bonds is 6. The number of hydrogen-bond donors (Lipinski definition) is 1. The van der Waals surface area contributed by atoms with Crippen molar-refractivity contribution in [3.63, 3.8) is 0 Å². The highest BCUT2D eigenvalue weighted by Gasteiger charge is 2.36. The summed E-state index contributed by atoms with van der Waals surface area (Å²) in [6, 6.07) is 4.52. The summed E-state index contributed by atoms with van der Waals surface area (Å²) >= 11 is 5.99. The number of nitro groups is 1. The third-order valence-corrected chi connectivity index (χ3v) is 7.00. The van der Waals surface area contributed by atoms with Crippen LogP contribution in [0, 0.1) is 27.9 Å². The number of carbonyl (C=O) groups is 2. The highest BCUT2D eigenvalue weighted by molar-refractivity contribution is 6.31. The van der Waals surface area contributed by atoms with E-state index in [0.29, 0.717) is 49.4 Å². The van der Waals surface area contributed by atoms with Gasteiger partial charge in [-0.05, 0) is 56.6 Å². The van der Waals surface area contributed by atoms with Crippen LogP contribution in [0.15, 0.2) is 18.2 Å². The van der Waals surface area contributed by atoms with Crippen LogP contribution >= 0.6 is 11.6 Å². The van der Waals surface area contributed by atoms with Gasteiger partial charge < -0.3 is 15.1 Å². The number of nitro benzene ring substituents is 1. The molecule has 0 aromatic heterocycles. The fourth-order valence-corrected chi connectivity index (χ4v) is 4.84. The topological polar surface area (TPSA) is 95.8 Å². The van der Waals surface area contributed by atoms with Crippen LogP contribution in [0.5, 0.6) is 0 Å². The molecule has 3 fully saturated rings. The van der Waals surface area contributed by atoms with E-state index in [1.54, 1.807) is 6.07 Å². The first kappa shape index (κ1) is 21.9. The largest absolute Gasteiger partial charge is 0.379 e. The molecule has 0 atom stereocenters. The summed E-state index contributed by atoms with van der Waals surface area (Å²) in [4.78, 5) is 39.8. The molecule has 4 rings (SSSR count). The summed E-state index contributed by atoms with van der Waals surface area (Å²) in [5, 5.41) is 14.8. The van der Waals surface area contributed by atoms with E-state index >= 15 is 0 Å². The third-order valence-electron chi connectivity index (χ3n) is 6.76. The maximum Gasteiger partial charge on any atom is 0.292 e. The molecule has 168 valence electrons. The molecule has 2 amide bonds. The van der Waals surface area contributed by atoms with E-state index < -0.39 is 4.92 Å². The molecular formula is C22H29ClN4O4. The Kier molecular flexibility index (Phi) is 6.65. The fraction of sp³-hybridized carbons (Fsp3) is 0.636. The van der Waals surface area contributed by atoms with Crippen molar-refractivity contribution in [2.24, 2.45) is 17.8 Å². The van der Waals surface area contributed by atoms with Crippen LogP contribution in [0.1, 0.15) is 38.5 Å². The zero-order valence-corrected chi connectivity index (χ0v) is 18.4. The number of amides is 2. The highest BCUT2D eigenvalue weighted by Crippen LogP contribution is 2.34. The van der Waals surface area contributed by atoms with Crippen molar-refractivity contribution in [2.45, 2.75) is 38.5 Å². The van der Waals surface area contributed by atoms with Gasteiger partial charge in [-0.3, -0.25) is 19.7 Å². The molecule has 8 nitrogen and oxygen atoms in total. The summed E-state index contributed by atoms with van der Waals surface area (Å²) in [5.74, 6) is 1.13. The van der Waals surface area contributed by atoms with Gasteiger partial charge in [0.1, 0.15) is 5.69 Å². The summed E-state index contributed by atoms with van der Waals surface area (Å²) in [5.41, 5.74) is 0.460. The molecule has 0 unspecified atom stereocenters. The van der Waals surface area contributed by atoms with Gasteiger partial charge in [-0.25, -0.2) is 0 Å². The lowest BCUT2D eigenvalue weighted by molar-refractivity contribution is -0.384. The maximum atomic E-state index is 12.9. The van der Waals surface area contributed by atoms with Gasteiger partial charge in [0.15, 0.2) is 0 Å². The zero-order chi connectivity index (χ0) is 22.0. The summed E-state index contributed by atoms with van der Waals surface area (Å²) < 4.78 is 0. The third kappa shape index (κ3) is 5.29. The number of anilines is 1. The van der Waals surface area contributed by atoms with Gasteiger partial charge in [-0.15, -0.1) is 0 Å². The lowest BCUT2D eigenvalue weighted by atomic mass is 9.81. The Bertz CT molecular complexity index is 844. The van der Waals surface area contributed by atoms with Gasteiger partial charge in [0, 0.05) is 55.6 Å². The molecule has 1 aromatic rings. The summed E-state index contributed by atoms with van der Waals surface area (Å²) in [7, 11) is 0. The molecule has 2 aliphatic carbocycles. The van der Waals surface area contributed by atoms with E-state index in [4.69, 9.17) is 11.6 Å². The average Bonchev–Trinajstić information content (AvgIpc) is 3.62. The van der Waals surface area contributed by atoms with Crippen molar-refractivity contribution < 1.29 is 14.5 Å². The molecule has 2 saturated carbocycles. The highest BCUT2D eigenvalue weighted by atomic mass is 35.5. The minimum atomic E-state index is -0.411. The number of halogens is 1. The van der Waals surface area contributed by atoms with Gasteiger partial charge in [0.2, 0.25) is 11.8 Å². The Hall–Kier alpha value is -2.35. The van der Waals surface area contributed by atoms with Crippen molar-refractivity contribution in [1.29, 1.82) is 0 Å². The second-order valence-electron chi connectivity index (χ2n) is 8.94. The Morgan fingerprint density at radius 1 is 0.968 bits per heavy atom. The van der Waals surface area contributed by atoms with E-state index in [-0.39, 0.29) is 29.3 Å². The van der Waals surface area contributed by atoms with Gasteiger partial charge in [-0.1, -0.05) is 11.6 Å². The van der Waals surface area contributed by atoms with Crippen LogP contribution in [-0.2, 0) is 9.59 Å². The second-order valence-corrected chi connectivity index (χ2v) is 9.38. The first-order chi connectivity index (χ1) is 14.9. The van der Waals surface area contributed by atoms with E-state index in [2.05, 4.69) is 5.32 Å². The molecule has 1 aliphatic heterocycles. The summed E-state index contributed by atoms with van der Waals surface area (Å²) in [6.45, 7) is 3.20. The molecule has 1 aromatic carbocycles. The molecular weight excluding hydrogens is 420 g/mol. The Morgan fingerprint density at radius 3 is 1.97 bits per heavy atom. The molecule has 0 spiro atoms. The van der Waals surface area contributed by atoms with Gasteiger partial charge in [0.25, 0.3) is 5.69 Å². The molecule has 0 bridgehead atoms. The number of piperazine rings is 1. The first-order valence-corrected chi connectivity index (χ1v) is 11.6. The van der Waals surface area contributed by atoms with Crippen LogP contribution in [0.4, 0.5) is 11.4 Å². The molecule has 1 heterocycles. The van der Waals surface area contributed by atoms with Crippen LogP contribution in [0.25, 0.3) is 0 Å². The molecule has 1 saturated heterocycles. The average molecular weight is 449 g/mol. The van der Waals surface area contributed by atoms with E-state index in [9.17, 15) is 19.7 Å². The van der Waals surface area contributed by atoms with Crippen molar-refractivity contribution in [2.75, 3.05) is 38.0 Å². The normalized spacial score (nSPS) is 24.0. The SMILES string of the molecule is O=C(C1CCC(CNc2cc(Cl)ccc2[N+](=O)[O-])CC1)N1CCN(C(=O)C2CC2)CC1. The molecule has 1 N–H and O–H groups in total. The Morgan fingerprint density at radius 2 is 1.48 bits per heavy atom. The quantitative estimate of drug-likeness (QED) is 0.530. The predicted molar refractivity (Wildman–Crippen MR) is 118 cm³/mol. The van der Waals surface area contributed by atoms with Gasteiger partial charge >= 0.3 is 0 Å². The molecule has 3 aliphatic rings. The number of nitrogens with one attached hydrogen (secondary N) is 1. The van der Waals surface area contributed by atoms with Crippen molar-refractivity contribution in [3.8, 4) is 0 Å². The van der Waals surface area contributed by atoms with Crippen molar-refractivity contribution >= 4 is 34.8 Å². The number of carbonyl (C=O) groups excluding carboxylic acids is 2. The smallest absolute Gasteiger partial charge is 0.292 e. The van der Waals surface area contributed by atoms with Crippen LogP contribution < -0.4 is 5.32 Å². The van der Waals surface area contributed by atoms with E-state index in [1.165, 1.54) is 12.1 Å². The Balaban J connectivity index is 1.22. The van der Waals surface area contributed by atoms with Crippen LogP contribution in [0.2, 0.25) is 5.02 Å².